The zero-order valence-electron chi connectivity index (χ0n) is 15.2. The number of aromatic nitrogens is 3. The summed E-state index contributed by atoms with van der Waals surface area (Å²) in [5, 5.41) is 0. The number of hydrogen-bond acceptors (Lipinski definition) is 5. The summed E-state index contributed by atoms with van der Waals surface area (Å²) in [6.45, 7) is 10.5. The SMILES string of the molecule is Cc1nc(-c2ncc[nH]2)ccc1N1CCN(C(=O)OC(C)(C)C)CC1. The zero-order chi connectivity index (χ0) is 18.0. The number of anilines is 1. The molecule has 0 aliphatic carbocycles. The quantitative estimate of drug-likeness (QED) is 0.907. The van der Waals surface area contributed by atoms with Crippen LogP contribution in [0.5, 0.6) is 0 Å². The number of carbonyl (C=O) groups excluding carboxylic acids is 1. The fourth-order valence-electron chi connectivity index (χ4n) is 2.88. The van der Waals surface area contributed by atoms with Crippen LogP contribution in [0, 0.1) is 6.92 Å². The van der Waals surface area contributed by atoms with Gasteiger partial charge >= 0.3 is 6.09 Å². The molecule has 0 aromatic carbocycles. The summed E-state index contributed by atoms with van der Waals surface area (Å²) >= 11 is 0. The molecule has 1 aliphatic heterocycles. The summed E-state index contributed by atoms with van der Waals surface area (Å²) in [6, 6.07) is 4.05. The second-order valence-corrected chi connectivity index (χ2v) is 7.19. The molecular weight excluding hydrogens is 318 g/mol. The molecular formula is C18H25N5O2. The number of imidazole rings is 1. The van der Waals surface area contributed by atoms with Gasteiger partial charge in [-0.25, -0.2) is 14.8 Å². The molecule has 0 bridgehead atoms. The van der Waals surface area contributed by atoms with Crippen molar-refractivity contribution in [3.63, 3.8) is 0 Å². The van der Waals surface area contributed by atoms with E-state index >= 15 is 0 Å². The Bertz CT molecular complexity index is 728. The van der Waals surface area contributed by atoms with Crippen LogP contribution in [0.4, 0.5) is 10.5 Å². The molecule has 2 aromatic heterocycles. The summed E-state index contributed by atoms with van der Waals surface area (Å²) in [7, 11) is 0. The smallest absolute Gasteiger partial charge is 0.410 e. The molecule has 7 nitrogen and oxygen atoms in total. The number of nitrogens with one attached hydrogen (secondary N) is 1. The van der Waals surface area contributed by atoms with Crippen LogP contribution < -0.4 is 4.90 Å². The van der Waals surface area contributed by atoms with Gasteiger partial charge in [-0.15, -0.1) is 0 Å². The minimum absolute atomic E-state index is 0.241. The Labute approximate surface area is 148 Å². The maximum atomic E-state index is 12.2. The third-order valence-electron chi connectivity index (χ3n) is 4.07. The molecule has 0 saturated carbocycles. The number of nitrogens with zero attached hydrogens (tertiary/aromatic N) is 4. The predicted molar refractivity (Wildman–Crippen MR) is 96.6 cm³/mol. The minimum atomic E-state index is -0.462. The average Bonchev–Trinajstić information content (AvgIpc) is 3.08. The second-order valence-electron chi connectivity index (χ2n) is 7.19. The number of hydrogen-bond donors (Lipinski definition) is 1. The highest BCUT2D eigenvalue weighted by molar-refractivity contribution is 5.69. The van der Waals surface area contributed by atoms with E-state index in [0.717, 1.165) is 36.0 Å². The number of amides is 1. The van der Waals surface area contributed by atoms with E-state index in [9.17, 15) is 4.79 Å². The van der Waals surface area contributed by atoms with E-state index in [1.54, 1.807) is 17.3 Å². The number of carbonyl (C=O) groups is 1. The molecule has 0 unspecified atom stereocenters. The molecule has 1 N–H and O–H groups in total. The van der Waals surface area contributed by atoms with E-state index in [1.165, 1.54) is 0 Å². The van der Waals surface area contributed by atoms with Crippen LogP contribution in [-0.2, 0) is 4.74 Å². The van der Waals surface area contributed by atoms with Gasteiger partial charge in [0.25, 0.3) is 0 Å². The molecule has 1 aliphatic rings. The van der Waals surface area contributed by atoms with Crippen LogP contribution >= 0.6 is 0 Å². The lowest BCUT2D eigenvalue weighted by Gasteiger charge is -2.37. The van der Waals surface area contributed by atoms with Gasteiger partial charge in [0.1, 0.15) is 11.3 Å². The normalized spacial score (nSPS) is 15.4. The number of aromatic amines is 1. The molecule has 0 atom stereocenters. The molecule has 134 valence electrons. The van der Waals surface area contributed by atoms with E-state index in [-0.39, 0.29) is 6.09 Å². The van der Waals surface area contributed by atoms with Crippen molar-refractivity contribution >= 4 is 11.8 Å². The van der Waals surface area contributed by atoms with Crippen LogP contribution in [0.15, 0.2) is 24.5 Å². The van der Waals surface area contributed by atoms with Gasteiger partial charge in [-0.1, -0.05) is 0 Å². The van der Waals surface area contributed by atoms with Crippen molar-refractivity contribution in [2.24, 2.45) is 0 Å². The summed E-state index contributed by atoms with van der Waals surface area (Å²) in [6.07, 6.45) is 3.27. The first kappa shape index (κ1) is 17.3. The van der Waals surface area contributed by atoms with Crippen LogP contribution in [0.1, 0.15) is 26.5 Å². The standard InChI is InChI=1S/C18H25N5O2/c1-13-15(6-5-14(21-13)16-19-7-8-20-16)22-9-11-23(12-10-22)17(24)25-18(2,3)4/h5-8H,9-12H2,1-4H3,(H,19,20). The van der Waals surface area contributed by atoms with Gasteiger partial charge in [-0.05, 0) is 39.8 Å². The third-order valence-corrected chi connectivity index (χ3v) is 4.07. The van der Waals surface area contributed by atoms with Gasteiger partial charge in [0, 0.05) is 38.6 Å². The van der Waals surface area contributed by atoms with Crippen LogP contribution in [0.2, 0.25) is 0 Å². The zero-order valence-corrected chi connectivity index (χ0v) is 15.2. The van der Waals surface area contributed by atoms with Crippen molar-refractivity contribution in [2.45, 2.75) is 33.3 Å². The fraction of sp³-hybridized carbons (Fsp3) is 0.500. The van der Waals surface area contributed by atoms with Gasteiger partial charge in [-0.3, -0.25) is 0 Å². The molecule has 0 radical (unpaired) electrons. The number of rotatable bonds is 2. The first-order chi connectivity index (χ1) is 11.8. The topological polar surface area (TPSA) is 74.4 Å². The molecule has 2 aromatic rings. The van der Waals surface area contributed by atoms with Gasteiger partial charge < -0.3 is 19.5 Å². The summed E-state index contributed by atoms with van der Waals surface area (Å²) in [5.41, 5.74) is 2.42. The lowest BCUT2D eigenvalue weighted by atomic mass is 10.2. The van der Waals surface area contributed by atoms with Crippen molar-refractivity contribution in [1.29, 1.82) is 0 Å². The molecule has 7 heteroatoms. The molecule has 1 fully saturated rings. The summed E-state index contributed by atoms with van der Waals surface area (Å²) in [5.74, 6) is 0.768. The number of ether oxygens (including phenoxy) is 1. The highest BCUT2D eigenvalue weighted by Crippen LogP contribution is 2.23. The highest BCUT2D eigenvalue weighted by atomic mass is 16.6. The predicted octanol–water partition coefficient (Wildman–Crippen LogP) is 2.84. The van der Waals surface area contributed by atoms with Gasteiger partial charge in [-0.2, -0.15) is 0 Å². The molecule has 3 heterocycles. The van der Waals surface area contributed by atoms with Gasteiger partial charge in [0.15, 0.2) is 5.82 Å². The molecule has 3 rings (SSSR count). The lowest BCUT2D eigenvalue weighted by molar-refractivity contribution is 0.0240. The van der Waals surface area contributed by atoms with Crippen molar-refractivity contribution in [2.75, 3.05) is 31.1 Å². The van der Waals surface area contributed by atoms with Crippen LogP contribution in [-0.4, -0.2) is 57.7 Å². The van der Waals surface area contributed by atoms with Crippen LogP contribution in [0.3, 0.4) is 0 Å². The minimum Gasteiger partial charge on any atom is -0.444 e. The Morgan fingerprint density at radius 3 is 2.48 bits per heavy atom. The van der Waals surface area contributed by atoms with E-state index in [4.69, 9.17) is 4.74 Å². The average molecular weight is 343 g/mol. The van der Waals surface area contributed by atoms with E-state index in [2.05, 4.69) is 25.9 Å². The molecule has 0 spiro atoms. The number of pyridine rings is 1. The van der Waals surface area contributed by atoms with Crippen LogP contribution in [0.25, 0.3) is 11.5 Å². The monoisotopic (exact) mass is 343 g/mol. The van der Waals surface area contributed by atoms with Crippen molar-refractivity contribution in [1.82, 2.24) is 19.9 Å². The lowest BCUT2D eigenvalue weighted by Crippen LogP contribution is -2.50. The fourth-order valence-corrected chi connectivity index (χ4v) is 2.88. The summed E-state index contributed by atoms with van der Waals surface area (Å²) in [4.78, 5) is 28.1. The molecule has 1 saturated heterocycles. The largest absolute Gasteiger partial charge is 0.444 e. The Kier molecular flexibility index (Phi) is 4.65. The highest BCUT2D eigenvalue weighted by Gasteiger charge is 2.26. The Hall–Kier alpha value is -2.57. The van der Waals surface area contributed by atoms with Gasteiger partial charge in [0.2, 0.25) is 0 Å². The van der Waals surface area contributed by atoms with E-state index < -0.39 is 5.60 Å². The van der Waals surface area contributed by atoms with Crippen molar-refractivity contribution < 1.29 is 9.53 Å². The first-order valence-corrected chi connectivity index (χ1v) is 8.54. The Morgan fingerprint density at radius 1 is 1.20 bits per heavy atom. The van der Waals surface area contributed by atoms with E-state index in [0.29, 0.717) is 13.1 Å². The number of piperazine rings is 1. The van der Waals surface area contributed by atoms with Gasteiger partial charge in [0.05, 0.1) is 11.4 Å². The Morgan fingerprint density at radius 2 is 1.92 bits per heavy atom. The Balaban J connectivity index is 1.64. The number of H-pyrrole nitrogens is 1. The first-order valence-electron chi connectivity index (χ1n) is 8.54. The molecule has 1 amide bonds. The summed E-state index contributed by atoms with van der Waals surface area (Å²) < 4.78 is 5.44. The second kappa shape index (κ2) is 6.74. The maximum Gasteiger partial charge on any atom is 0.410 e. The molecule has 25 heavy (non-hydrogen) atoms. The third kappa shape index (κ3) is 4.10. The van der Waals surface area contributed by atoms with Crippen molar-refractivity contribution in [3.05, 3.63) is 30.2 Å². The number of aryl methyl sites for hydroxylation is 1. The maximum absolute atomic E-state index is 12.2. The van der Waals surface area contributed by atoms with E-state index in [1.807, 2.05) is 33.8 Å². The van der Waals surface area contributed by atoms with Crippen molar-refractivity contribution in [3.8, 4) is 11.5 Å².